The van der Waals surface area contributed by atoms with Gasteiger partial charge < -0.3 is 10.2 Å². The second-order valence-electron chi connectivity index (χ2n) is 6.43. The van der Waals surface area contributed by atoms with Gasteiger partial charge in [-0.3, -0.25) is 4.79 Å². The zero-order valence-electron chi connectivity index (χ0n) is 15.8. The van der Waals surface area contributed by atoms with Crippen LogP contribution >= 0.6 is 0 Å². The summed E-state index contributed by atoms with van der Waals surface area (Å²) in [6, 6.07) is 16.1. The largest absolute Gasteiger partial charge is 0.372 e. The van der Waals surface area contributed by atoms with Gasteiger partial charge in [-0.25, -0.2) is 0 Å². The van der Waals surface area contributed by atoms with Crippen LogP contribution in [0.25, 0.3) is 0 Å². The lowest BCUT2D eigenvalue weighted by atomic mass is 10.0. The molecule has 134 valence electrons. The number of hydrogen-bond donors (Lipinski definition) is 1. The predicted octanol–water partition coefficient (Wildman–Crippen LogP) is 4.48. The molecule has 4 heteroatoms. The summed E-state index contributed by atoms with van der Waals surface area (Å²) in [6.07, 6.45) is 1.64. The summed E-state index contributed by atoms with van der Waals surface area (Å²) < 4.78 is 0. The number of rotatable bonds is 6. The summed E-state index contributed by atoms with van der Waals surface area (Å²) in [5.74, 6) is -0.380. The highest BCUT2D eigenvalue weighted by molar-refractivity contribution is 6.07. The van der Waals surface area contributed by atoms with Crippen molar-refractivity contribution in [3.05, 3.63) is 76.5 Å². The lowest BCUT2D eigenvalue weighted by Gasteiger charge is -2.19. The average Bonchev–Trinajstić information content (AvgIpc) is 2.62. The van der Waals surface area contributed by atoms with Gasteiger partial charge in [0.25, 0.3) is 5.91 Å². The molecule has 4 nitrogen and oxygen atoms in total. The quantitative estimate of drug-likeness (QED) is 0.619. The predicted molar refractivity (Wildman–Crippen MR) is 106 cm³/mol. The molecule has 2 aromatic rings. The van der Waals surface area contributed by atoms with Crippen molar-refractivity contribution in [2.75, 3.05) is 11.9 Å². The lowest BCUT2D eigenvalue weighted by molar-refractivity contribution is -0.112. The molecule has 0 radical (unpaired) electrons. The molecule has 0 aliphatic heterocycles. The normalized spacial score (nSPS) is 11.0. The van der Waals surface area contributed by atoms with Crippen LogP contribution in [0.3, 0.4) is 0 Å². The number of carbonyl (C=O) groups is 1. The van der Waals surface area contributed by atoms with Gasteiger partial charge in [-0.05, 0) is 44.4 Å². The molecule has 2 rings (SSSR count). The second kappa shape index (κ2) is 8.87. The first-order valence-electron chi connectivity index (χ1n) is 8.73. The van der Waals surface area contributed by atoms with E-state index in [1.54, 1.807) is 6.20 Å². The molecular formula is C22H25N3O. The molecule has 26 heavy (non-hydrogen) atoms. The van der Waals surface area contributed by atoms with E-state index in [4.69, 9.17) is 0 Å². The molecule has 0 heterocycles. The van der Waals surface area contributed by atoms with E-state index in [9.17, 15) is 10.1 Å². The number of nitriles is 1. The highest BCUT2D eigenvalue weighted by Crippen LogP contribution is 2.22. The van der Waals surface area contributed by atoms with Gasteiger partial charge >= 0.3 is 0 Å². The second-order valence-corrected chi connectivity index (χ2v) is 6.43. The smallest absolute Gasteiger partial charge is 0.267 e. The van der Waals surface area contributed by atoms with Crippen LogP contribution < -0.4 is 5.32 Å². The molecule has 0 bridgehead atoms. The summed E-state index contributed by atoms with van der Waals surface area (Å²) in [5, 5.41) is 12.4. The maximum Gasteiger partial charge on any atom is 0.267 e. The Kier molecular flexibility index (Phi) is 6.57. The minimum Gasteiger partial charge on any atom is -0.372 e. The van der Waals surface area contributed by atoms with Crippen molar-refractivity contribution in [3.8, 4) is 6.07 Å². The van der Waals surface area contributed by atoms with E-state index in [1.165, 1.54) is 0 Å². The third-order valence-electron chi connectivity index (χ3n) is 4.23. The number of aryl methyl sites for hydroxylation is 3. The van der Waals surface area contributed by atoms with Crippen molar-refractivity contribution in [3.63, 3.8) is 0 Å². The fourth-order valence-corrected chi connectivity index (χ4v) is 2.95. The Hall–Kier alpha value is -3.06. The van der Waals surface area contributed by atoms with Gasteiger partial charge in [0.15, 0.2) is 0 Å². The summed E-state index contributed by atoms with van der Waals surface area (Å²) in [6.45, 7) is 9.29. The molecule has 0 saturated carbocycles. The number of carbonyl (C=O) groups excluding carboxylic acids is 1. The Balaban J connectivity index is 2.19. The van der Waals surface area contributed by atoms with Crippen molar-refractivity contribution in [2.45, 2.75) is 34.2 Å². The fourth-order valence-electron chi connectivity index (χ4n) is 2.95. The number of nitrogens with zero attached hydrogens (tertiary/aromatic N) is 2. The maximum absolute atomic E-state index is 12.6. The zero-order chi connectivity index (χ0) is 19.1. The summed E-state index contributed by atoms with van der Waals surface area (Å²) in [4.78, 5) is 14.6. The molecule has 1 N–H and O–H groups in total. The number of anilines is 1. The van der Waals surface area contributed by atoms with E-state index >= 15 is 0 Å². The molecule has 0 unspecified atom stereocenters. The van der Waals surface area contributed by atoms with Crippen molar-refractivity contribution < 1.29 is 4.79 Å². The van der Waals surface area contributed by atoms with Gasteiger partial charge in [0.2, 0.25) is 0 Å². The van der Waals surface area contributed by atoms with Gasteiger partial charge in [0, 0.05) is 25.0 Å². The minimum absolute atomic E-state index is 0.0992. The molecule has 1 amide bonds. The molecule has 2 aromatic carbocycles. The molecule has 0 fully saturated rings. The molecule has 0 atom stereocenters. The van der Waals surface area contributed by atoms with Gasteiger partial charge in [-0.2, -0.15) is 5.26 Å². The Morgan fingerprint density at radius 1 is 1.15 bits per heavy atom. The van der Waals surface area contributed by atoms with Gasteiger partial charge in [0.1, 0.15) is 11.6 Å². The number of benzene rings is 2. The van der Waals surface area contributed by atoms with E-state index < -0.39 is 0 Å². The SMILES string of the molecule is CCN(/C=C(/C#N)C(=O)Nc1c(C)cc(C)cc1C)Cc1ccccc1. The van der Waals surface area contributed by atoms with Crippen molar-refractivity contribution in [2.24, 2.45) is 0 Å². The number of hydrogen-bond acceptors (Lipinski definition) is 3. The molecule has 0 aliphatic rings. The summed E-state index contributed by atoms with van der Waals surface area (Å²) >= 11 is 0. The van der Waals surface area contributed by atoms with Crippen molar-refractivity contribution in [1.82, 2.24) is 4.90 Å². The van der Waals surface area contributed by atoms with Crippen LogP contribution in [0.4, 0.5) is 5.69 Å². The van der Waals surface area contributed by atoms with E-state index in [1.807, 2.05) is 81.1 Å². The van der Waals surface area contributed by atoms with E-state index in [2.05, 4.69) is 5.32 Å². The first-order chi connectivity index (χ1) is 12.4. The molecule has 0 aliphatic carbocycles. The summed E-state index contributed by atoms with van der Waals surface area (Å²) in [7, 11) is 0. The monoisotopic (exact) mass is 347 g/mol. The first-order valence-corrected chi connectivity index (χ1v) is 8.73. The van der Waals surface area contributed by atoms with Crippen molar-refractivity contribution >= 4 is 11.6 Å². The number of amides is 1. The van der Waals surface area contributed by atoms with E-state index in [0.717, 1.165) is 27.9 Å². The van der Waals surface area contributed by atoms with Crippen LogP contribution in [0, 0.1) is 32.1 Å². The maximum atomic E-state index is 12.6. The van der Waals surface area contributed by atoms with Crippen molar-refractivity contribution in [1.29, 1.82) is 5.26 Å². The van der Waals surface area contributed by atoms with Crippen LogP contribution in [0.1, 0.15) is 29.2 Å². The van der Waals surface area contributed by atoms with Crippen LogP contribution in [0.2, 0.25) is 0 Å². The summed E-state index contributed by atoms with van der Waals surface area (Å²) in [5.41, 5.74) is 5.13. The Morgan fingerprint density at radius 3 is 2.31 bits per heavy atom. The Morgan fingerprint density at radius 2 is 1.77 bits per heavy atom. The van der Waals surface area contributed by atoms with Crippen LogP contribution in [-0.2, 0) is 11.3 Å². The third-order valence-corrected chi connectivity index (χ3v) is 4.23. The Bertz CT molecular complexity index is 824. The van der Waals surface area contributed by atoms with Crippen LogP contribution in [0.5, 0.6) is 0 Å². The van der Waals surface area contributed by atoms with Gasteiger partial charge in [0.05, 0.1) is 0 Å². The standard InChI is InChI=1S/C22H25N3O/c1-5-25(14-19-9-7-6-8-10-19)15-20(13-23)22(26)24-21-17(3)11-16(2)12-18(21)4/h6-12,15H,5,14H2,1-4H3,(H,24,26)/b20-15-. The van der Waals surface area contributed by atoms with Crippen LogP contribution in [-0.4, -0.2) is 17.4 Å². The Labute approximate surface area is 155 Å². The third kappa shape index (κ3) is 4.97. The number of nitrogens with one attached hydrogen (secondary N) is 1. The van der Waals surface area contributed by atoms with Gasteiger partial charge in [-0.1, -0.05) is 48.0 Å². The highest BCUT2D eigenvalue weighted by atomic mass is 16.1. The van der Waals surface area contributed by atoms with Gasteiger partial charge in [-0.15, -0.1) is 0 Å². The highest BCUT2D eigenvalue weighted by Gasteiger charge is 2.14. The van der Waals surface area contributed by atoms with Crippen LogP contribution in [0.15, 0.2) is 54.2 Å². The lowest BCUT2D eigenvalue weighted by Crippen LogP contribution is -2.21. The minimum atomic E-state index is -0.380. The van der Waals surface area contributed by atoms with E-state index in [-0.39, 0.29) is 11.5 Å². The topological polar surface area (TPSA) is 56.1 Å². The zero-order valence-corrected chi connectivity index (χ0v) is 15.8. The first kappa shape index (κ1) is 19.3. The fraction of sp³-hybridized carbons (Fsp3) is 0.273. The molecule has 0 spiro atoms. The van der Waals surface area contributed by atoms with E-state index in [0.29, 0.717) is 13.1 Å². The molecule has 0 saturated heterocycles. The average molecular weight is 347 g/mol. The molecule has 0 aromatic heterocycles. The molecular weight excluding hydrogens is 322 g/mol.